The Morgan fingerprint density at radius 2 is 2.20 bits per heavy atom. The van der Waals surface area contributed by atoms with Crippen molar-refractivity contribution in [3.05, 3.63) is 18.2 Å². The minimum atomic E-state index is 0.0715. The second-order valence-electron chi connectivity index (χ2n) is 5.44. The Bertz CT molecular complexity index is 472. The van der Waals surface area contributed by atoms with Crippen molar-refractivity contribution in [3.63, 3.8) is 0 Å². The molecule has 0 spiro atoms. The van der Waals surface area contributed by atoms with Crippen LogP contribution in [0, 0.1) is 0 Å². The molecule has 0 unspecified atom stereocenters. The fourth-order valence-corrected chi connectivity index (χ4v) is 2.49. The number of anilines is 2. The number of nitrogens with zero attached hydrogens (tertiary/aromatic N) is 1. The fraction of sp³-hybridized carbons (Fsp3) is 0.562. The highest BCUT2D eigenvalue weighted by Crippen LogP contribution is 2.37. The Morgan fingerprint density at radius 3 is 2.90 bits per heavy atom. The summed E-state index contributed by atoms with van der Waals surface area (Å²) in [5.41, 5.74) is 1.88. The summed E-state index contributed by atoms with van der Waals surface area (Å²) >= 11 is 0. The Hall–Kier alpha value is -1.71. The third kappa shape index (κ3) is 3.24. The number of para-hydroxylation sites is 1. The number of benzene rings is 1. The number of carbonyl (C=O) groups excluding carboxylic acids is 1. The molecule has 0 aliphatic carbocycles. The van der Waals surface area contributed by atoms with Gasteiger partial charge in [-0.1, -0.05) is 13.0 Å². The molecule has 1 aliphatic rings. The van der Waals surface area contributed by atoms with Crippen molar-refractivity contribution in [3.8, 4) is 5.75 Å². The van der Waals surface area contributed by atoms with E-state index in [1.54, 1.807) is 0 Å². The molecule has 4 nitrogen and oxygen atoms in total. The first-order chi connectivity index (χ1) is 9.63. The van der Waals surface area contributed by atoms with E-state index in [0.29, 0.717) is 19.1 Å². The van der Waals surface area contributed by atoms with Crippen LogP contribution in [0.1, 0.15) is 40.0 Å². The van der Waals surface area contributed by atoms with E-state index in [9.17, 15) is 4.79 Å². The number of hydrogen-bond donors (Lipinski definition) is 1. The summed E-state index contributed by atoms with van der Waals surface area (Å²) in [5.74, 6) is 0.840. The molecule has 0 bridgehead atoms. The molecule has 0 aromatic heterocycles. The van der Waals surface area contributed by atoms with Gasteiger partial charge in [0.05, 0.1) is 12.3 Å². The predicted molar refractivity (Wildman–Crippen MR) is 82.6 cm³/mol. The van der Waals surface area contributed by atoms with Crippen molar-refractivity contribution >= 4 is 17.3 Å². The zero-order valence-electron chi connectivity index (χ0n) is 12.6. The summed E-state index contributed by atoms with van der Waals surface area (Å²) in [6.07, 6.45) is 2.39. The van der Waals surface area contributed by atoms with E-state index in [0.717, 1.165) is 36.5 Å². The number of rotatable bonds is 4. The van der Waals surface area contributed by atoms with Gasteiger partial charge in [0.25, 0.3) is 0 Å². The molecule has 0 saturated carbocycles. The maximum Gasteiger partial charge on any atom is 0.224 e. The van der Waals surface area contributed by atoms with E-state index in [1.165, 1.54) is 0 Å². The van der Waals surface area contributed by atoms with Crippen molar-refractivity contribution in [1.29, 1.82) is 0 Å². The summed E-state index contributed by atoms with van der Waals surface area (Å²) in [5, 5.41) is 3.02. The Morgan fingerprint density at radius 1 is 1.40 bits per heavy atom. The quantitative estimate of drug-likeness (QED) is 0.916. The summed E-state index contributed by atoms with van der Waals surface area (Å²) in [6, 6.07) is 6.37. The Balaban J connectivity index is 2.41. The van der Waals surface area contributed by atoms with Crippen molar-refractivity contribution < 1.29 is 9.53 Å². The average Bonchev–Trinajstić information content (AvgIpc) is 2.40. The van der Waals surface area contributed by atoms with Gasteiger partial charge in [-0.25, -0.2) is 0 Å². The molecular weight excluding hydrogens is 252 g/mol. The van der Waals surface area contributed by atoms with Gasteiger partial charge in [-0.05, 0) is 38.8 Å². The zero-order chi connectivity index (χ0) is 14.5. The van der Waals surface area contributed by atoms with Crippen molar-refractivity contribution in [2.45, 2.75) is 46.1 Å². The molecule has 20 heavy (non-hydrogen) atoms. The molecule has 0 atom stereocenters. The first kappa shape index (κ1) is 14.7. The zero-order valence-corrected chi connectivity index (χ0v) is 12.6. The molecule has 1 aliphatic heterocycles. The average molecular weight is 276 g/mol. The predicted octanol–water partition coefficient (Wildman–Crippen LogP) is 3.42. The summed E-state index contributed by atoms with van der Waals surface area (Å²) in [4.78, 5) is 14.2. The number of hydrogen-bond acceptors (Lipinski definition) is 3. The van der Waals surface area contributed by atoms with E-state index < -0.39 is 0 Å². The van der Waals surface area contributed by atoms with Crippen LogP contribution in [0.25, 0.3) is 0 Å². The lowest BCUT2D eigenvalue weighted by atomic mass is 10.1. The highest BCUT2D eigenvalue weighted by molar-refractivity contribution is 5.97. The number of carbonyl (C=O) groups is 1. The third-order valence-corrected chi connectivity index (χ3v) is 3.47. The maximum absolute atomic E-state index is 11.9. The number of ether oxygens (including phenoxy) is 1. The molecule has 110 valence electrons. The van der Waals surface area contributed by atoms with E-state index in [-0.39, 0.29) is 5.91 Å². The minimum Gasteiger partial charge on any atom is -0.491 e. The van der Waals surface area contributed by atoms with Gasteiger partial charge in [0.15, 0.2) is 0 Å². The first-order valence-corrected chi connectivity index (χ1v) is 7.45. The van der Waals surface area contributed by atoms with Crippen LogP contribution in [-0.4, -0.2) is 25.1 Å². The highest BCUT2D eigenvalue weighted by atomic mass is 16.5. The summed E-state index contributed by atoms with van der Waals surface area (Å²) < 4.78 is 5.78. The van der Waals surface area contributed by atoms with Crippen LogP contribution in [0.4, 0.5) is 11.4 Å². The lowest BCUT2D eigenvalue weighted by Gasteiger charge is -2.33. The number of nitrogens with one attached hydrogen (secondary N) is 1. The molecule has 4 heteroatoms. The SMILES string of the molecule is CCCOc1cccc2c1NC(=O)CCCN2C(C)C. The van der Waals surface area contributed by atoms with E-state index >= 15 is 0 Å². The number of fused-ring (bicyclic) bond motifs is 1. The lowest BCUT2D eigenvalue weighted by molar-refractivity contribution is -0.116. The smallest absolute Gasteiger partial charge is 0.224 e. The van der Waals surface area contributed by atoms with Crippen molar-refractivity contribution in [2.75, 3.05) is 23.4 Å². The van der Waals surface area contributed by atoms with E-state index in [4.69, 9.17) is 4.74 Å². The van der Waals surface area contributed by atoms with Crippen LogP contribution in [0.3, 0.4) is 0 Å². The first-order valence-electron chi connectivity index (χ1n) is 7.45. The molecule has 1 N–H and O–H groups in total. The summed E-state index contributed by atoms with van der Waals surface area (Å²) in [7, 11) is 0. The topological polar surface area (TPSA) is 41.6 Å². The Labute approximate surface area is 121 Å². The molecule has 1 heterocycles. The van der Waals surface area contributed by atoms with Crippen LogP contribution in [0.2, 0.25) is 0 Å². The van der Waals surface area contributed by atoms with Crippen LogP contribution in [-0.2, 0) is 4.79 Å². The normalized spacial score (nSPS) is 15.4. The van der Waals surface area contributed by atoms with Gasteiger partial charge in [0.1, 0.15) is 11.4 Å². The van der Waals surface area contributed by atoms with Gasteiger partial charge in [0, 0.05) is 19.0 Å². The van der Waals surface area contributed by atoms with Crippen LogP contribution in [0.5, 0.6) is 5.75 Å². The monoisotopic (exact) mass is 276 g/mol. The highest BCUT2D eigenvalue weighted by Gasteiger charge is 2.22. The molecule has 0 radical (unpaired) electrons. The van der Waals surface area contributed by atoms with Gasteiger partial charge >= 0.3 is 0 Å². The second kappa shape index (κ2) is 6.64. The van der Waals surface area contributed by atoms with Gasteiger partial charge in [-0.2, -0.15) is 0 Å². The van der Waals surface area contributed by atoms with Gasteiger partial charge in [-0.3, -0.25) is 4.79 Å². The lowest BCUT2D eigenvalue weighted by Crippen LogP contribution is -2.35. The molecule has 1 aromatic carbocycles. The summed E-state index contributed by atoms with van der Waals surface area (Å²) in [6.45, 7) is 7.98. The number of amides is 1. The Kier molecular flexibility index (Phi) is 4.88. The molecule has 1 aromatic rings. The standard InChI is InChI=1S/C16H24N2O2/c1-4-11-20-14-8-5-7-13-16(14)17-15(19)9-6-10-18(13)12(2)3/h5,7-8,12H,4,6,9-11H2,1-3H3,(H,17,19). The van der Waals surface area contributed by atoms with Gasteiger partial charge < -0.3 is 15.0 Å². The molecule has 1 amide bonds. The van der Waals surface area contributed by atoms with Gasteiger partial charge in [0.2, 0.25) is 5.91 Å². The molecule has 0 saturated heterocycles. The largest absolute Gasteiger partial charge is 0.491 e. The van der Waals surface area contributed by atoms with Crippen molar-refractivity contribution in [1.82, 2.24) is 0 Å². The van der Waals surface area contributed by atoms with Crippen LogP contribution in [0.15, 0.2) is 18.2 Å². The van der Waals surface area contributed by atoms with Crippen LogP contribution < -0.4 is 15.0 Å². The molecule has 0 fully saturated rings. The van der Waals surface area contributed by atoms with E-state index in [1.807, 2.05) is 12.1 Å². The molecule has 2 rings (SSSR count). The van der Waals surface area contributed by atoms with Gasteiger partial charge in [-0.15, -0.1) is 0 Å². The molecular formula is C16H24N2O2. The second-order valence-corrected chi connectivity index (χ2v) is 5.44. The fourth-order valence-electron chi connectivity index (χ4n) is 2.49. The minimum absolute atomic E-state index is 0.0715. The maximum atomic E-state index is 11.9. The van der Waals surface area contributed by atoms with E-state index in [2.05, 4.69) is 37.1 Å². The van der Waals surface area contributed by atoms with Crippen molar-refractivity contribution in [2.24, 2.45) is 0 Å². The van der Waals surface area contributed by atoms with Crippen LogP contribution >= 0.6 is 0 Å². The third-order valence-electron chi connectivity index (χ3n) is 3.47.